The lowest BCUT2D eigenvalue weighted by atomic mass is 9.92. The molecule has 1 aliphatic rings. The predicted octanol–water partition coefficient (Wildman–Crippen LogP) is 1.04. The van der Waals surface area contributed by atoms with E-state index in [-0.39, 0.29) is 16.6 Å². The monoisotopic (exact) mass is 274 g/mol. The van der Waals surface area contributed by atoms with Crippen LogP contribution in [-0.4, -0.2) is 39.7 Å². The second kappa shape index (κ2) is 6.66. The summed E-state index contributed by atoms with van der Waals surface area (Å²) >= 11 is 0. The van der Waals surface area contributed by atoms with Gasteiger partial charge < -0.3 is 10.6 Å². The van der Waals surface area contributed by atoms with Crippen LogP contribution >= 0.6 is 0 Å². The number of rotatable bonds is 4. The first-order valence-electron chi connectivity index (χ1n) is 6.70. The molecule has 1 heterocycles. The molecular formula is C13H26N2O2S. The Balaban J connectivity index is 2.27. The van der Waals surface area contributed by atoms with Crippen LogP contribution in [0.5, 0.6) is 0 Å². The molecule has 0 aliphatic carbocycles. The van der Waals surface area contributed by atoms with Crippen molar-refractivity contribution in [3.63, 3.8) is 0 Å². The summed E-state index contributed by atoms with van der Waals surface area (Å²) in [5.41, 5.74) is 0. The average Bonchev–Trinajstić information content (AvgIpc) is 2.27. The summed E-state index contributed by atoms with van der Waals surface area (Å²) in [5, 5.41) is 6.25. The molecule has 0 bridgehead atoms. The summed E-state index contributed by atoms with van der Waals surface area (Å²) < 4.78 is 11.6. The first-order chi connectivity index (χ1) is 8.30. The van der Waals surface area contributed by atoms with Crippen molar-refractivity contribution >= 4 is 16.7 Å². The van der Waals surface area contributed by atoms with E-state index in [1.807, 2.05) is 20.8 Å². The van der Waals surface area contributed by atoms with Gasteiger partial charge in [0.2, 0.25) is 5.91 Å². The van der Waals surface area contributed by atoms with Gasteiger partial charge >= 0.3 is 0 Å². The molecule has 0 spiro atoms. The van der Waals surface area contributed by atoms with E-state index in [9.17, 15) is 9.00 Å². The van der Waals surface area contributed by atoms with E-state index in [4.69, 9.17) is 0 Å². The summed E-state index contributed by atoms with van der Waals surface area (Å²) in [4.78, 5) is 11.9. The molecule has 0 aromatic carbocycles. The molecule has 0 saturated carbocycles. The minimum atomic E-state index is -0.893. The Hall–Kier alpha value is -0.420. The van der Waals surface area contributed by atoms with Gasteiger partial charge in [-0.05, 0) is 47.1 Å². The molecule has 3 atom stereocenters. The molecule has 4 nitrogen and oxygen atoms in total. The van der Waals surface area contributed by atoms with Crippen molar-refractivity contribution in [2.45, 2.75) is 51.3 Å². The fourth-order valence-corrected chi connectivity index (χ4v) is 2.99. The highest BCUT2D eigenvalue weighted by atomic mass is 32.2. The van der Waals surface area contributed by atoms with Crippen LogP contribution < -0.4 is 10.6 Å². The van der Waals surface area contributed by atoms with Crippen molar-refractivity contribution in [1.82, 2.24) is 10.6 Å². The van der Waals surface area contributed by atoms with Crippen LogP contribution in [0.25, 0.3) is 0 Å². The van der Waals surface area contributed by atoms with Crippen LogP contribution in [0.1, 0.15) is 40.5 Å². The van der Waals surface area contributed by atoms with E-state index in [0.29, 0.717) is 18.3 Å². The van der Waals surface area contributed by atoms with Gasteiger partial charge in [0, 0.05) is 39.8 Å². The van der Waals surface area contributed by atoms with Crippen LogP contribution in [0.4, 0.5) is 0 Å². The zero-order valence-electron chi connectivity index (χ0n) is 11.9. The third kappa shape index (κ3) is 5.06. The number of piperidine rings is 1. The fourth-order valence-electron chi connectivity index (χ4n) is 2.09. The molecule has 2 N–H and O–H groups in total. The molecule has 1 fully saturated rings. The minimum absolute atomic E-state index is 0.115. The summed E-state index contributed by atoms with van der Waals surface area (Å²) in [6.07, 6.45) is 1.80. The van der Waals surface area contributed by atoms with Crippen molar-refractivity contribution in [2.75, 3.05) is 18.8 Å². The zero-order chi connectivity index (χ0) is 13.8. The maximum atomic E-state index is 11.9. The van der Waals surface area contributed by atoms with Gasteiger partial charge in [0.1, 0.15) is 0 Å². The molecular weight excluding hydrogens is 248 g/mol. The topological polar surface area (TPSA) is 58.2 Å². The third-order valence-corrected chi connectivity index (χ3v) is 5.21. The Labute approximate surface area is 113 Å². The van der Waals surface area contributed by atoms with E-state index < -0.39 is 10.8 Å². The van der Waals surface area contributed by atoms with Gasteiger partial charge in [-0.15, -0.1) is 0 Å². The molecule has 0 aromatic rings. The van der Waals surface area contributed by atoms with Gasteiger partial charge in [0.05, 0.1) is 0 Å². The lowest BCUT2D eigenvalue weighted by molar-refractivity contribution is -0.125. The van der Waals surface area contributed by atoms with E-state index in [1.54, 1.807) is 0 Å². The first kappa shape index (κ1) is 15.6. The van der Waals surface area contributed by atoms with Gasteiger partial charge in [-0.25, -0.2) is 0 Å². The van der Waals surface area contributed by atoms with Crippen LogP contribution in [0.15, 0.2) is 0 Å². The molecule has 0 aromatic heterocycles. The molecule has 1 aliphatic heterocycles. The van der Waals surface area contributed by atoms with Crippen molar-refractivity contribution in [2.24, 2.45) is 5.92 Å². The minimum Gasteiger partial charge on any atom is -0.355 e. The molecule has 1 amide bonds. The largest absolute Gasteiger partial charge is 0.355 e. The molecule has 1 unspecified atom stereocenters. The standard InChI is InChI=1S/C13H26N2O2S/c1-10-9-11(5-6-14-10)12(16)15-7-8-18(17)13(2,3)4/h10-11,14H,5-9H2,1-4H3,(H,15,16)/t10-,11-,18?/m0/s1. The van der Waals surface area contributed by atoms with Crippen molar-refractivity contribution in [3.05, 3.63) is 0 Å². The molecule has 5 heteroatoms. The molecule has 1 rings (SSSR count). The van der Waals surface area contributed by atoms with Gasteiger partial charge in [-0.3, -0.25) is 9.00 Å². The van der Waals surface area contributed by atoms with E-state index in [2.05, 4.69) is 17.6 Å². The van der Waals surface area contributed by atoms with Gasteiger partial charge in [-0.2, -0.15) is 0 Å². The van der Waals surface area contributed by atoms with Crippen LogP contribution in [-0.2, 0) is 15.6 Å². The number of carbonyl (C=O) groups is 1. The normalized spacial score (nSPS) is 26.7. The molecule has 18 heavy (non-hydrogen) atoms. The van der Waals surface area contributed by atoms with Crippen LogP contribution in [0, 0.1) is 5.92 Å². The maximum Gasteiger partial charge on any atom is 0.223 e. The second-order valence-corrected chi connectivity index (χ2v) is 8.35. The van der Waals surface area contributed by atoms with Crippen molar-refractivity contribution in [3.8, 4) is 0 Å². The smallest absolute Gasteiger partial charge is 0.223 e. The SMILES string of the molecule is C[C@H]1C[C@@H](C(=O)NCCS(=O)C(C)(C)C)CCN1. The summed E-state index contributed by atoms with van der Waals surface area (Å²) in [6, 6.07) is 0.415. The van der Waals surface area contributed by atoms with E-state index in [0.717, 1.165) is 19.4 Å². The first-order valence-corrected chi connectivity index (χ1v) is 8.02. The Morgan fingerprint density at radius 2 is 2.11 bits per heavy atom. The highest BCUT2D eigenvalue weighted by Gasteiger charge is 2.25. The lowest BCUT2D eigenvalue weighted by Gasteiger charge is -2.27. The number of hydrogen-bond acceptors (Lipinski definition) is 3. The third-order valence-electron chi connectivity index (χ3n) is 3.26. The van der Waals surface area contributed by atoms with Gasteiger partial charge in [-0.1, -0.05) is 0 Å². The van der Waals surface area contributed by atoms with Crippen molar-refractivity contribution in [1.29, 1.82) is 0 Å². The molecule has 1 saturated heterocycles. The zero-order valence-corrected chi connectivity index (χ0v) is 12.7. The quantitative estimate of drug-likeness (QED) is 0.805. The number of hydrogen-bond donors (Lipinski definition) is 2. The summed E-state index contributed by atoms with van der Waals surface area (Å²) in [5.74, 6) is 0.772. The predicted molar refractivity (Wildman–Crippen MR) is 76.0 cm³/mol. The molecule has 106 valence electrons. The van der Waals surface area contributed by atoms with Gasteiger partial charge in [0.15, 0.2) is 0 Å². The maximum absolute atomic E-state index is 11.9. The molecule has 0 radical (unpaired) electrons. The lowest BCUT2D eigenvalue weighted by Crippen LogP contribution is -2.43. The van der Waals surface area contributed by atoms with Crippen molar-refractivity contribution < 1.29 is 9.00 Å². The fraction of sp³-hybridized carbons (Fsp3) is 0.923. The van der Waals surface area contributed by atoms with Crippen LogP contribution in [0.2, 0.25) is 0 Å². The Bertz CT molecular complexity index is 313. The Morgan fingerprint density at radius 3 is 2.67 bits per heavy atom. The van der Waals surface area contributed by atoms with E-state index in [1.165, 1.54) is 0 Å². The van der Waals surface area contributed by atoms with E-state index >= 15 is 0 Å². The van der Waals surface area contributed by atoms with Gasteiger partial charge in [0.25, 0.3) is 0 Å². The Morgan fingerprint density at radius 1 is 1.44 bits per heavy atom. The number of carbonyl (C=O) groups excluding carboxylic acids is 1. The average molecular weight is 274 g/mol. The highest BCUT2D eigenvalue weighted by molar-refractivity contribution is 7.86. The second-order valence-electron chi connectivity index (χ2n) is 6.03. The van der Waals surface area contributed by atoms with Crippen LogP contribution in [0.3, 0.4) is 0 Å². The Kier molecular flexibility index (Phi) is 5.79. The number of amides is 1. The summed E-state index contributed by atoms with van der Waals surface area (Å²) in [7, 11) is -0.893. The summed E-state index contributed by atoms with van der Waals surface area (Å²) in [6.45, 7) is 9.40. The highest BCUT2D eigenvalue weighted by Crippen LogP contribution is 2.16. The number of nitrogens with one attached hydrogen (secondary N) is 2.